The molecule has 0 aromatic carbocycles. The van der Waals surface area contributed by atoms with E-state index in [1.54, 1.807) is 24.9 Å². The monoisotopic (exact) mass is 176 g/mol. The molecule has 2 saturated heterocycles. The summed E-state index contributed by atoms with van der Waals surface area (Å²) in [7, 11) is 0.364. The molecule has 10 heavy (non-hydrogen) atoms. The number of rotatable bonds is 0. The van der Waals surface area contributed by atoms with E-state index in [9.17, 15) is 0 Å². The van der Waals surface area contributed by atoms with Crippen LogP contribution in [0.4, 0.5) is 0 Å². The van der Waals surface area contributed by atoms with E-state index in [0.29, 0.717) is 9.52 Å². The van der Waals surface area contributed by atoms with Crippen molar-refractivity contribution in [2.24, 2.45) is 0 Å². The van der Waals surface area contributed by atoms with Crippen LogP contribution in [0.15, 0.2) is 0 Å². The lowest BCUT2D eigenvalue weighted by Gasteiger charge is -1.79. The SMILES string of the molecule is C1CC[SiH2]C1.C1C[SiH2]OO1. The lowest BCUT2D eigenvalue weighted by Crippen LogP contribution is -1.78. The van der Waals surface area contributed by atoms with Crippen LogP contribution < -0.4 is 0 Å². The van der Waals surface area contributed by atoms with Gasteiger partial charge in [-0.15, -0.1) is 0 Å². The molecule has 0 radical (unpaired) electrons. The zero-order valence-electron chi connectivity index (χ0n) is 6.47. The van der Waals surface area contributed by atoms with Crippen LogP contribution in [0.3, 0.4) is 0 Å². The van der Waals surface area contributed by atoms with Gasteiger partial charge in [-0.2, -0.15) is 0 Å². The molecule has 2 heterocycles. The van der Waals surface area contributed by atoms with E-state index in [4.69, 9.17) is 0 Å². The Morgan fingerprint density at radius 2 is 1.80 bits per heavy atom. The van der Waals surface area contributed by atoms with Crippen LogP contribution in [-0.4, -0.2) is 25.9 Å². The van der Waals surface area contributed by atoms with Gasteiger partial charge in [0.1, 0.15) is 0 Å². The Bertz CT molecular complexity index is 46.9. The Morgan fingerprint density at radius 3 is 2.00 bits per heavy atom. The first kappa shape index (κ1) is 8.45. The first-order valence-electron chi connectivity index (χ1n) is 4.24. The minimum atomic E-state index is -0.179. The average Bonchev–Trinajstić information content (AvgIpc) is 2.67. The number of hydrogen-bond donors (Lipinski definition) is 0. The fraction of sp³-hybridized carbons (Fsp3) is 1.00. The van der Waals surface area contributed by atoms with Crippen molar-refractivity contribution in [2.45, 2.75) is 31.0 Å². The molecule has 0 unspecified atom stereocenters. The van der Waals surface area contributed by atoms with Gasteiger partial charge in [-0.05, 0) is 6.04 Å². The summed E-state index contributed by atoms with van der Waals surface area (Å²) in [6.07, 6.45) is 3.12. The topological polar surface area (TPSA) is 18.5 Å². The predicted molar refractivity (Wildman–Crippen MR) is 47.8 cm³/mol. The molecule has 0 aromatic heterocycles. The molecule has 0 atom stereocenters. The zero-order chi connectivity index (χ0) is 7.07. The Balaban J connectivity index is 0.0000001000. The highest BCUT2D eigenvalue weighted by atomic mass is 28.2. The molecule has 0 N–H and O–H groups in total. The van der Waals surface area contributed by atoms with Gasteiger partial charge in [-0.3, -0.25) is 4.58 Å². The van der Waals surface area contributed by atoms with Crippen LogP contribution >= 0.6 is 0 Å². The summed E-state index contributed by atoms with van der Waals surface area (Å²) in [5.74, 6) is 0. The molecule has 0 amide bonds. The lowest BCUT2D eigenvalue weighted by molar-refractivity contribution is -0.181. The second-order valence-electron chi connectivity index (χ2n) is 2.77. The number of hydrogen-bond acceptors (Lipinski definition) is 2. The molecular weight excluding hydrogens is 160 g/mol. The van der Waals surface area contributed by atoms with Crippen molar-refractivity contribution in [3.63, 3.8) is 0 Å². The summed E-state index contributed by atoms with van der Waals surface area (Å²) in [5.41, 5.74) is 0. The summed E-state index contributed by atoms with van der Waals surface area (Å²) in [4.78, 5) is 4.51. The van der Waals surface area contributed by atoms with Crippen molar-refractivity contribution >= 4 is 19.3 Å². The second-order valence-corrected chi connectivity index (χ2v) is 6.24. The molecule has 2 aliphatic rings. The van der Waals surface area contributed by atoms with Crippen molar-refractivity contribution in [3.05, 3.63) is 0 Å². The Labute approximate surface area is 67.0 Å². The summed E-state index contributed by atoms with van der Waals surface area (Å²) in [5, 5.41) is 0. The fourth-order valence-corrected chi connectivity index (χ4v) is 3.54. The van der Waals surface area contributed by atoms with Crippen molar-refractivity contribution in [2.75, 3.05) is 6.61 Å². The second kappa shape index (κ2) is 6.09. The maximum absolute atomic E-state index is 4.58. The molecule has 2 aliphatic heterocycles. The van der Waals surface area contributed by atoms with E-state index < -0.39 is 0 Å². The summed E-state index contributed by atoms with van der Waals surface area (Å²) in [6, 6.07) is 4.47. The van der Waals surface area contributed by atoms with Crippen molar-refractivity contribution in [3.8, 4) is 0 Å². The molecule has 4 heteroatoms. The molecule has 2 nitrogen and oxygen atoms in total. The molecule has 0 spiro atoms. The van der Waals surface area contributed by atoms with Crippen molar-refractivity contribution in [1.82, 2.24) is 0 Å². The van der Waals surface area contributed by atoms with Gasteiger partial charge in [0, 0.05) is 9.52 Å². The third-order valence-electron chi connectivity index (χ3n) is 1.79. The van der Waals surface area contributed by atoms with Crippen molar-refractivity contribution in [1.29, 1.82) is 0 Å². The highest BCUT2D eigenvalue weighted by molar-refractivity contribution is 6.36. The van der Waals surface area contributed by atoms with Gasteiger partial charge in [-0.25, -0.2) is 4.89 Å². The zero-order valence-corrected chi connectivity index (χ0v) is 9.30. The normalized spacial score (nSPS) is 26.4. The average molecular weight is 176 g/mol. The quantitative estimate of drug-likeness (QED) is 0.389. The highest BCUT2D eigenvalue weighted by Crippen LogP contribution is 2.09. The lowest BCUT2D eigenvalue weighted by atomic mass is 10.4. The van der Waals surface area contributed by atoms with E-state index in [1.165, 1.54) is 6.04 Å². The summed E-state index contributed by atoms with van der Waals surface area (Å²) >= 11 is 0. The molecular formula is C6H16O2Si2. The van der Waals surface area contributed by atoms with E-state index in [-0.39, 0.29) is 9.76 Å². The highest BCUT2D eigenvalue weighted by Gasteiger charge is 1.97. The van der Waals surface area contributed by atoms with Gasteiger partial charge in [0.25, 0.3) is 0 Å². The third kappa shape index (κ3) is 4.21. The van der Waals surface area contributed by atoms with Crippen LogP contribution in [-0.2, 0) is 9.46 Å². The molecule has 0 saturated carbocycles. The summed E-state index contributed by atoms with van der Waals surface area (Å²) < 4.78 is 4.58. The van der Waals surface area contributed by atoms with E-state index in [1.807, 2.05) is 0 Å². The first-order chi connectivity index (χ1) is 5.00. The summed E-state index contributed by atoms with van der Waals surface area (Å²) in [6.45, 7) is 0.840. The largest absolute Gasteiger partial charge is 0.294 e. The van der Waals surface area contributed by atoms with Gasteiger partial charge in [0.05, 0.1) is 6.61 Å². The smallest absolute Gasteiger partial charge is 0.211 e. The predicted octanol–water partition coefficient (Wildman–Crippen LogP) is 0.236. The maximum Gasteiger partial charge on any atom is 0.211 e. The minimum Gasteiger partial charge on any atom is -0.294 e. The van der Waals surface area contributed by atoms with E-state index >= 15 is 0 Å². The Kier molecular flexibility index (Phi) is 5.15. The molecule has 2 rings (SSSR count). The molecule has 0 aliphatic carbocycles. The van der Waals surface area contributed by atoms with Gasteiger partial charge < -0.3 is 0 Å². The van der Waals surface area contributed by atoms with Crippen molar-refractivity contribution < 1.29 is 9.46 Å². The van der Waals surface area contributed by atoms with Gasteiger partial charge in [0.2, 0.25) is 9.76 Å². The van der Waals surface area contributed by atoms with Gasteiger partial charge in [-0.1, -0.05) is 24.9 Å². The minimum absolute atomic E-state index is 0.179. The van der Waals surface area contributed by atoms with Crippen LogP contribution in [0, 0.1) is 0 Å². The molecule has 60 valence electrons. The van der Waals surface area contributed by atoms with E-state index in [0.717, 1.165) is 6.61 Å². The first-order valence-corrected chi connectivity index (χ1v) is 7.82. The molecule has 2 fully saturated rings. The molecule has 0 aromatic rings. The van der Waals surface area contributed by atoms with Crippen LogP contribution in [0.5, 0.6) is 0 Å². The standard InChI is InChI=1S/C4H10Si.C2H6O2Si/c1-2-4-5-3-1;1-2-5-4-3-1/h1-5H2;1-2,5H2. The Hall–Kier alpha value is 0.354. The van der Waals surface area contributed by atoms with Crippen LogP contribution in [0.25, 0.3) is 0 Å². The molecule has 0 bridgehead atoms. The fourth-order valence-electron chi connectivity index (χ4n) is 1.18. The van der Waals surface area contributed by atoms with Crippen LogP contribution in [0.2, 0.25) is 18.1 Å². The maximum atomic E-state index is 4.58. The van der Waals surface area contributed by atoms with E-state index in [2.05, 4.69) is 9.46 Å². The van der Waals surface area contributed by atoms with Crippen LogP contribution in [0.1, 0.15) is 12.8 Å². The van der Waals surface area contributed by atoms with Gasteiger partial charge in [0.15, 0.2) is 0 Å². The third-order valence-corrected chi connectivity index (χ3v) is 4.70. The Morgan fingerprint density at radius 1 is 1.00 bits per heavy atom. The van der Waals surface area contributed by atoms with Gasteiger partial charge >= 0.3 is 0 Å².